The van der Waals surface area contributed by atoms with E-state index in [-0.39, 0.29) is 83.4 Å². The summed E-state index contributed by atoms with van der Waals surface area (Å²) in [6, 6.07) is 4.40. The van der Waals surface area contributed by atoms with Crippen molar-refractivity contribution in [3.05, 3.63) is 29.6 Å². The molecule has 14 heteroatoms. The van der Waals surface area contributed by atoms with E-state index < -0.39 is 29.7 Å². The standard InChI is InChI=1S/C21H30N6O8/c28-17(29)12-25-6-4-22-20(34)15-2-1-3-16(24-15)21(35)23-5-7-26(13-18(30)31)9-11-27(10-8-25)14-19(32)33/h1-3H,4-14H2,(H,22,34)(H,23,35)(H,28,29)(H,30,31)(H,32,33). The van der Waals surface area contributed by atoms with Crippen LogP contribution in [0.5, 0.6) is 0 Å². The van der Waals surface area contributed by atoms with E-state index in [1.54, 1.807) is 14.7 Å². The predicted octanol–water partition coefficient (Wildman–Crippen LogP) is -2.29. The monoisotopic (exact) mass is 494 g/mol. The van der Waals surface area contributed by atoms with Crippen LogP contribution in [0.3, 0.4) is 0 Å². The van der Waals surface area contributed by atoms with Gasteiger partial charge in [0.2, 0.25) is 0 Å². The average molecular weight is 495 g/mol. The SMILES string of the molecule is O=C(O)CN1CCNC(=O)c2cccc(n2)C(=O)NCCN(CC(=O)O)CCN(CC(=O)O)CC1. The number of pyridine rings is 1. The quantitative estimate of drug-likeness (QED) is 0.285. The predicted molar refractivity (Wildman–Crippen MR) is 121 cm³/mol. The summed E-state index contributed by atoms with van der Waals surface area (Å²) in [5.41, 5.74) is 0.0346. The highest BCUT2D eigenvalue weighted by Gasteiger charge is 2.19. The maximum atomic E-state index is 12.4. The first-order valence-corrected chi connectivity index (χ1v) is 11.0. The second kappa shape index (κ2) is 13.9. The van der Waals surface area contributed by atoms with Crippen LogP contribution < -0.4 is 10.6 Å². The maximum Gasteiger partial charge on any atom is 0.317 e. The van der Waals surface area contributed by atoms with Gasteiger partial charge in [-0.1, -0.05) is 6.07 Å². The number of carboxylic acids is 3. The smallest absolute Gasteiger partial charge is 0.317 e. The van der Waals surface area contributed by atoms with Crippen molar-refractivity contribution in [1.82, 2.24) is 30.3 Å². The molecular formula is C21H30N6O8. The summed E-state index contributed by atoms with van der Waals surface area (Å²) in [7, 11) is 0. The second-order valence-corrected chi connectivity index (χ2v) is 7.93. The highest BCUT2D eigenvalue weighted by atomic mass is 16.4. The third-order valence-corrected chi connectivity index (χ3v) is 5.18. The number of nitrogens with one attached hydrogen (secondary N) is 2. The van der Waals surface area contributed by atoms with E-state index in [0.29, 0.717) is 0 Å². The Hall–Kier alpha value is -3.62. The number of carbonyl (C=O) groups is 5. The highest BCUT2D eigenvalue weighted by molar-refractivity contribution is 5.96. The Balaban J connectivity index is 2.23. The van der Waals surface area contributed by atoms with E-state index in [9.17, 15) is 39.3 Å². The number of hydrogen-bond acceptors (Lipinski definition) is 9. The van der Waals surface area contributed by atoms with Crippen molar-refractivity contribution in [3.63, 3.8) is 0 Å². The lowest BCUT2D eigenvalue weighted by molar-refractivity contribution is -0.140. The van der Waals surface area contributed by atoms with Gasteiger partial charge in [0.15, 0.2) is 0 Å². The summed E-state index contributed by atoms with van der Waals surface area (Å²) in [6.45, 7) is 0.529. The highest BCUT2D eigenvalue weighted by Crippen LogP contribution is 2.01. The van der Waals surface area contributed by atoms with Crippen LogP contribution in [-0.4, -0.2) is 137 Å². The van der Waals surface area contributed by atoms with Gasteiger partial charge in [0.05, 0.1) is 19.6 Å². The summed E-state index contributed by atoms with van der Waals surface area (Å²) in [5.74, 6) is -4.28. The molecule has 5 N–H and O–H groups in total. The van der Waals surface area contributed by atoms with Crippen molar-refractivity contribution in [3.8, 4) is 0 Å². The van der Waals surface area contributed by atoms with Gasteiger partial charge in [-0.15, -0.1) is 0 Å². The van der Waals surface area contributed by atoms with Crippen molar-refractivity contribution in [2.75, 3.05) is 72.0 Å². The summed E-state index contributed by atoms with van der Waals surface area (Å²) >= 11 is 0. The van der Waals surface area contributed by atoms with Crippen molar-refractivity contribution >= 4 is 29.7 Å². The number of aromatic nitrogens is 1. The molecule has 192 valence electrons. The van der Waals surface area contributed by atoms with Crippen LogP contribution in [-0.2, 0) is 14.4 Å². The normalized spacial score (nSPS) is 18.1. The van der Waals surface area contributed by atoms with Crippen LogP contribution in [0.2, 0.25) is 0 Å². The van der Waals surface area contributed by atoms with Crippen LogP contribution in [0.1, 0.15) is 21.0 Å². The van der Waals surface area contributed by atoms with Crippen LogP contribution >= 0.6 is 0 Å². The minimum absolute atomic E-state index is 0.0173. The zero-order chi connectivity index (χ0) is 25.8. The van der Waals surface area contributed by atoms with Gasteiger partial charge >= 0.3 is 17.9 Å². The molecule has 1 aliphatic heterocycles. The van der Waals surface area contributed by atoms with Crippen LogP contribution in [0.25, 0.3) is 0 Å². The molecule has 0 saturated carbocycles. The molecule has 0 spiro atoms. The zero-order valence-electron chi connectivity index (χ0n) is 19.2. The zero-order valence-corrected chi connectivity index (χ0v) is 19.2. The fraction of sp³-hybridized carbons (Fsp3) is 0.524. The van der Waals surface area contributed by atoms with Gasteiger partial charge in [0.1, 0.15) is 11.4 Å². The van der Waals surface area contributed by atoms with Gasteiger partial charge in [0.25, 0.3) is 11.8 Å². The Morgan fingerprint density at radius 1 is 0.686 bits per heavy atom. The number of hydrogen-bond donors (Lipinski definition) is 5. The molecule has 2 bridgehead atoms. The first-order valence-electron chi connectivity index (χ1n) is 11.0. The van der Waals surface area contributed by atoms with E-state index in [0.717, 1.165) is 0 Å². The molecule has 1 aromatic rings. The van der Waals surface area contributed by atoms with Crippen molar-refractivity contribution < 1.29 is 39.3 Å². The van der Waals surface area contributed by atoms with Gasteiger partial charge in [-0.25, -0.2) is 4.98 Å². The Morgan fingerprint density at radius 2 is 1.03 bits per heavy atom. The minimum Gasteiger partial charge on any atom is -0.480 e. The number of rotatable bonds is 6. The second-order valence-electron chi connectivity index (χ2n) is 7.93. The maximum absolute atomic E-state index is 12.4. The first kappa shape index (κ1) is 27.6. The fourth-order valence-electron chi connectivity index (χ4n) is 3.47. The van der Waals surface area contributed by atoms with E-state index in [1.165, 1.54) is 18.2 Å². The molecule has 0 unspecified atom stereocenters. The Labute approximate surface area is 201 Å². The molecular weight excluding hydrogens is 464 g/mol. The number of aliphatic carboxylic acids is 3. The lowest BCUT2D eigenvalue weighted by atomic mass is 10.2. The molecule has 2 heterocycles. The first-order chi connectivity index (χ1) is 16.6. The molecule has 2 rings (SSSR count). The van der Waals surface area contributed by atoms with Gasteiger partial charge in [-0.05, 0) is 12.1 Å². The molecule has 14 nitrogen and oxygen atoms in total. The van der Waals surface area contributed by atoms with Crippen LogP contribution in [0, 0.1) is 0 Å². The molecule has 0 aliphatic carbocycles. The third kappa shape index (κ3) is 10.5. The van der Waals surface area contributed by atoms with E-state index in [2.05, 4.69) is 15.6 Å². The third-order valence-electron chi connectivity index (χ3n) is 5.18. The summed E-state index contributed by atoms with van der Waals surface area (Å²) < 4.78 is 0. The van der Waals surface area contributed by atoms with Crippen molar-refractivity contribution in [2.45, 2.75) is 0 Å². The Bertz CT molecular complexity index is 866. The fourth-order valence-corrected chi connectivity index (χ4v) is 3.47. The average Bonchev–Trinajstić information content (AvgIpc) is 2.78. The summed E-state index contributed by atoms with van der Waals surface area (Å²) in [4.78, 5) is 67.5. The van der Waals surface area contributed by atoms with Crippen LogP contribution in [0.15, 0.2) is 18.2 Å². The minimum atomic E-state index is -1.07. The molecule has 0 saturated heterocycles. The number of carbonyl (C=O) groups excluding carboxylic acids is 2. The Morgan fingerprint density at radius 3 is 1.37 bits per heavy atom. The number of nitrogens with zero attached hydrogens (tertiary/aromatic N) is 4. The molecule has 0 aromatic carbocycles. The number of fused-ring (bicyclic) bond motifs is 2. The Kier molecular flexibility index (Phi) is 11.0. The van der Waals surface area contributed by atoms with E-state index in [1.807, 2.05) is 0 Å². The van der Waals surface area contributed by atoms with Gasteiger partial charge in [0, 0.05) is 52.4 Å². The molecule has 0 radical (unpaired) electrons. The molecule has 2 amide bonds. The number of carboxylic acid groups (broad SMARTS) is 3. The number of amides is 2. The molecule has 1 aromatic heterocycles. The van der Waals surface area contributed by atoms with Gasteiger partial charge in [-0.3, -0.25) is 38.7 Å². The molecule has 1 aliphatic rings. The topological polar surface area (TPSA) is 193 Å². The molecule has 35 heavy (non-hydrogen) atoms. The van der Waals surface area contributed by atoms with E-state index in [4.69, 9.17) is 0 Å². The lowest BCUT2D eigenvalue weighted by Crippen LogP contribution is -2.46. The molecule has 0 fully saturated rings. The largest absolute Gasteiger partial charge is 0.480 e. The lowest BCUT2D eigenvalue weighted by Gasteiger charge is -2.28. The summed E-state index contributed by atoms with van der Waals surface area (Å²) in [5, 5.41) is 33.0. The summed E-state index contributed by atoms with van der Waals surface area (Å²) in [6.07, 6.45) is 0. The molecule has 0 atom stereocenters. The van der Waals surface area contributed by atoms with Crippen molar-refractivity contribution in [1.29, 1.82) is 0 Å². The van der Waals surface area contributed by atoms with Crippen molar-refractivity contribution in [2.24, 2.45) is 0 Å². The van der Waals surface area contributed by atoms with Crippen LogP contribution in [0.4, 0.5) is 0 Å². The van der Waals surface area contributed by atoms with Gasteiger partial charge in [-0.2, -0.15) is 0 Å². The van der Waals surface area contributed by atoms with Gasteiger partial charge < -0.3 is 26.0 Å². The van der Waals surface area contributed by atoms with E-state index >= 15 is 0 Å².